The molecule has 36 heavy (non-hydrogen) atoms. The Labute approximate surface area is 205 Å². The number of aryl methyl sites for hydroxylation is 1. The molecule has 4 rings (SSSR count). The molecular formula is C22H27F2N7O5. The van der Waals surface area contributed by atoms with Gasteiger partial charge in [-0.05, 0) is 6.92 Å². The topological polar surface area (TPSA) is 123 Å². The molecule has 0 spiro atoms. The predicted octanol–water partition coefficient (Wildman–Crippen LogP) is 1.92. The number of amides is 4. The fourth-order valence-corrected chi connectivity index (χ4v) is 4.06. The number of hydrogen-bond donors (Lipinski definition) is 2. The Morgan fingerprint density at radius 2 is 1.83 bits per heavy atom. The van der Waals surface area contributed by atoms with E-state index in [1.807, 2.05) is 0 Å². The zero-order valence-corrected chi connectivity index (χ0v) is 20.1. The third-order valence-electron chi connectivity index (χ3n) is 5.86. The molecule has 1 atom stereocenters. The molecule has 3 heterocycles. The molecular weight excluding hydrogens is 480 g/mol. The normalized spacial score (nSPS) is 18.8. The Hall–Kier alpha value is -3.94. The van der Waals surface area contributed by atoms with Crippen molar-refractivity contribution in [2.45, 2.75) is 20.0 Å². The van der Waals surface area contributed by atoms with E-state index in [2.05, 4.69) is 15.8 Å². The summed E-state index contributed by atoms with van der Waals surface area (Å²) in [4.78, 5) is 38.7. The van der Waals surface area contributed by atoms with Gasteiger partial charge in [-0.15, -0.1) is 0 Å². The lowest BCUT2D eigenvalue weighted by Gasteiger charge is -2.28. The number of carbonyl (C=O) groups is 3. The highest BCUT2D eigenvalue weighted by Crippen LogP contribution is 2.31. The summed E-state index contributed by atoms with van der Waals surface area (Å²) in [6.45, 7) is 4.07. The van der Waals surface area contributed by atoms with E-state index in [1.54, 1.807) is 25.0 Å². The number of nitrogens with one attached hydrogen (secondary N) is 2. The zero-order valence-electron chi connectivity index (χ0n) is 20.1. The van der Waals surface area contributed by atoms with Gasteiger partial charge in [0.15, 0.2) is 11.6 Å². The van der Waals surface area contributed by atoms with Crippen LogP contribution in [0.2, 0.25) is 0 Å². The standard InChI is InChI=1S/C22H27F2N7O5/c1-13-8-19(36-27-13)26-21(33)31-7-6-29(5-4-28(31)3)20-17(23)9-15(10-18(20)24)30-12-16(35-22(30)34)11-25-14(2)32/h8-10,16H,4-7,11-12H2,1-3H3,(H,25,32)(H,26,33)/t16-/m0/s1. The molecule has 0 bridgehead atoms. The van der Waals surface area contributed by atoms with Crippen molar-refractivity contribution in [3.63, 3.8) is 0 Å². The minimum Gasteiger partial charge on any atom is -0.442 e. The van der Waals surface area contributed by atoms with Crippen LogP contribution in [0.1, 0.15) is 12.6 Å². The van der Waals surface area contributed by atoms with Crippen LogP contribution in [0.15, 0.2) is 22.7 Å². The predicted molar refractivity (Wildman–Crippen MR) is 124 cm³/mol. The maximum Gasteiger partial charge on any atom is 0.414 e. The van der Waals surface area contributed by atoms with Crippen LogP contribution in [-0.4, -0.2) is 85.6 Å². The van der Waals surface area contributed by atoms with E-state index in [9.17, 15) is 14.4 Å². The Kier molecular flexibility index (Phi) is 7.24. The largest absolute Gasteiger partial charge is 0.442 e. The fraction of sp³-hybridized carbons (Fsp3) is 0.455. The van der Waals surface area contributed by atoms with E-state index in [0.29, 0.717) is 12.2 Å². The maximum atomic E-state index is 15.2. The van der Waals surface area contributed by atoms with Gasteiger partial charge in [0, 0.05) is 51.8 Å². The highest BCUT2D eigenvalue weighted by molar-refractivity contribution is 5.90. The summed E-state index contributed by atoms with van der Waals surface area (Å²) in [6.07, 6.45) is -1.39. The second-order valence-corrected chi connectivity index (χ2v) is 8.57. The molecule has 1 aromatic heterocycles. The van der Waals surface area contributed by atoms with E-state index < -0.39 is 29.9 Å². The molecule has 4 amide bonds. The van der Waals surface area contributed by atoms with Gasteiger partial charge >= 0.3 is 12.1 Å². The van der Waals surface area contributed by atoms with Crippen LogP contribution in [0, 0.1) is 18.6 Å². The molecule has 2 fully saturated rings. The van der Waals surface area contributed by atoms with Crippen LogP contribution in [0.3, 0.4) is 0 Å². The SMILES string of the molecule is CC(=O)NC[C@H]1CN(c2cc(F)c(N3CCN(C)N(C(=O)Nc4cc(C)no4)CC3)c(F)c2)C(=O)O1. The minimum absolute atomic E-state index is 0.0133. The van der Waals surface area contributed by atoms with Crippen molar-refractivity contribution < 1.29 is 32.4 Å². The Bertz CT molecular complexity index is 1140. The first-order valence-electron chi connectivity index (χ1n) is 11.3. The summed E-state index contributed by atoms with van der Waals surface area (Å²) in [5.41, 5.74) is 0.377. The Morgan fingerprint density at radius 3 is 2.47 bits per heavy atom. The molecule has 194 valence electrons. The van der Waals surface area contributed by atoms with Gasteiger partial charge in [0.1, 0.15) is 11.8 Å². The number of nitrogens with zero attached hydrogens (tertiary/aromatic N) is 5. The molecule has 0 radical (unpaired) electrons. The van der Waals surface area contributed by atoms with Gasteiger partial charge in [-0.2, -0.15) is 0 Å². The smallest absolute Gasteiger partial charge is 0.414 e. The number of aromatic nitrogens is 1. The number of likely N-dealkylation sites (N-methyl/N-ethyl adjacent to an activating group) is 1. The van der Waals surface area contributed by atoms with Crippen LogP contribution in [0.5, 0.6) is 0 Å². The summed E-state index contributed by atoms with van der Waals surface area (Å²) in [5.74, 6) is -1.78. The van der Waals surface area contributed by atoms with Gasteiger partial charge in [0.25, 0.3) is 0 Å². The molecule has 2 aliphatic heterocycles. The third kappa shape index (κ3) is 5.48. The van der Waals surface area contributed by atoms with E-state index >= 15 is 8.78 Å². The maximum absolute atomic E-state index is 15.2. The molecule has 2 aromatic rings. The summed E-state index contributed by atoms with van der Waals surface area (Å²) in [5, 5.41) is 11.9. The monoisotopic (exact) mass is 507 g/mol. The molecule has 2 aliphatic rings. The third-order valence-corrected chi connectivity index (χ3v) is 5.86. The highest BCUT2D eigenvalue weighted by Gasteiger charge is 2.34. The van der Waals surface area contributed by atoms with E-state index in [4.69, 9.17) is 9.26 Å². The van der Waals surface area contributed by atoms with Crippen molar-refractivity contribution in [3.8, 4) is 0 Å². The van der Waals surface area contributed by atoms with Gasteiger partial charge in [0.2, 0.25) is 11.8 Å². The molecule has 0 saturated carbocycles. The van der Waals surface area contributed by atoms with Crippen LogP contribution in [0.4, 0.5) is 35.6 Å². The molecule has 2 N–H and O–H groups in total. The van der Waals surface area contributed by atoms with Crippen LogP contribution < -0.4 is 20.4 Å². The van der Waals surface area contributed by atoms with Crippen LogP contribution in [0.25, 0.3) is 0 Å². The number of carbonyl (C=O) groups excluding carboxylic acids is 3. The summed E-state index contributed by atoms with van der Waals surface area (Å²) in [6, 6.07) is 3.26. The number of halogens is 2. The number of cyclic esters (lactones) is 1. The zero-order chi connectivity index (χ0) is 26.0. The minimum atomic E-state index is -0.846. The van der Waals surface area contributed by atoms with Gasteiger partial charge in [-0.25, -0.2) is 23.4 Å². The van der Waals surface area contributed by atoms with Gasteiger partial charge in [-0.3, -0.25) is 20.0 Å². The number of hydrogen-bond acceptors (Lipinski definition) is 8. The van der Waals surface area contributed by atoms with Crippen molar-refractivity contribution in [2.75, 3.05) is 61.4 Å². The lowest BCUT2D eigenvalue weighted by Crippen LogP contribution is -2.47. The fourth-order valence-electron chi connectivity index (χ4n) is 4.06. The number of hydrazine groups is 1. The number of ether oxygens (including phenoxy) is 1. The quantitative estimate of drug-likeness (QED) is 0.629. The molecule has 0 aliphatic carbocycles. The van der Waals surface area contributed by atoms with E-state index in [-0.39, 0.29) is 55.9 Å². The molecule has 2 saturated heterocycles. The molecule has 12 nitrogen and oxygen atoms in total. The molecule has 14 heteroatoms. The van der Waals surface area contributed by atoms with Gasteiger partial charge < -0.3 is 19.5 Å². The number of urea groups is 1. The molecule has 1 aromatic carbocycles. The van der Waals surface area contributed by atoms with Crippen molar-refractivity contribution in [1.29, 1.82) is 0 Å². The Balaban J connectivity index is 1.45. The van der Waals surface area contributed by atoms with Crippen LogP contribution in [-0.2, 0) is 9.53 Å². The first kappa shape index (κ1) is 25.2. The lowest BCUT2D eigenvalue weighted by atomic mass is 10.2. The van der Waals surface area contributed by atoms with Crippen molar-refractivity contribution in [1.82, 2.24) is 20.5 Å². The van der Waals surface area contributed by atoms with Crippen LogP contribution >= 0.6 is 0 Å². The summed E-state index contributed by atoms with van der Waals surface area (Å²) >= 11 is 0. The first-order valence-corrected chi connectivity index (χ1v) is 11.3. The van der Waals surface area contributed by atoms with Gasteiger partial charge in [0.05, 0.1) is 31.0 Å². The number of benzene rings is 1. The number of anilines is 3. The van der Waals surface area contributed by atoms with E-state index in [0.717, 1.165) is 17.0 Å². The second kappa shape index (κ2) is 10.4. The van der Waals surface area contributed by atoms with Crippen molar-refractivity contribution in [2.24, 2.45) is 0 Å². The molecule has 0 unspecified atom stereocenters. The summed E-state index contributed by atoms with van der Waals surface area (Å²) < 4.78 is 40.5. The van der Waals surface area contributed by atoms with Crippen molar-refractivity contribution in [3.05, 3.63) is 35.5 Å². The highest BCUT2D eigenvalue weighted by atomic mass is 19.1. The summed E-state index contributed by atoms with van der Waals surface area (Å²) in [7, 11) is 1.70. The van der Waals surface area contributed by atoms with E-state index in [1.165, 1.54) is 16.8 Å². The average molecular weight is 507 g/mol. The second-order valence-electron chi connectivity index (χ2n) is 8.57. The average Bonchev–Trinajstić information content (AvgIpc) is 3.33. The lowest BCUT2D eigenvalue weighted by molar-refractivity contribution is -0.119. The van der Waals surface area contributed by atoms with Crippen molar-refractivity contribution >= 4 is 35.3 Å². The van der Waals surface area contributed by atoms with Gasteiger partial charge in [-0.1, -0.05) is 5.16 Å². The Morgan fingerprint density at radius 1 is 1.14 bits per heavy atom. The number of rotatable bonds is 5. The first-order chi connectivity index (χ1) is 17.1.